The third kappa shape index (κ3) is 6.70. The number of likely N-dealkylation sites (tertiary alicyclic amines) is 1. The fourth-order valence-corrected chi connectivity index (χ4v) is 3.79. The van der Waals surface area contributed by atoms with E-state index in [1.54, 1.807) is 0 Å². The first-order valence-electron chi connectivity index (χ1n) is 9.94. The lowest BCUT2D eigenvalue weighted by atomic mass is 9.84. The molecule has 5 heteroatoms. The molecule has 1 aliphatic rings. The van der Waals surface area contributed by atoms with Gasteiger partial charge in [0.25, 0.3) is 0 Å². The topological polar surface area (TPSA) is 38.8 Å². The monoisotopic (exact) mass is 439 g/mol. The minimum absolute atomic E-state index is 0.182. The van der Waals surface area contributed by atoms with Gasteiger partial charge in [-0.2, -0.15) is 0 Å². The zero-order valence-corrected chi connectivity index (χ0v) is 19.2. The first kappa shape index (κ1) is 22.1. The molecule has 0 aliphatic carbocycles. The standard InChI is InChI=1S/C22H34BrNO3/c1-15(9-12-26-19-13-16(2)20(23)17(3)14-19)18-7-10-24(11-8-18)21(25)27-22(4,5)6/h13-15,18H,7-12H2,1-6H3/t15-/m1/s1. The molecule has 1 atom stereocenters. The van der Waals surface area contributed by atoms with Gasteiger partial charge >= 0.3 is 6.09 Å². The minimum Gasteiger partial charge on any atom is -0.494 e. The van der Waals surface area contributed by atoms with E-state index in [9.17, 15) is 4.79 Å². The molecule has 4 nitrogen and oxygen atoms in total. The fraction of sp³-hybridized carbons (Fsp3) is 0.682. The number of halogens is 1. The fourth-order valence-electron chi connectivity index (χ4n) is 3.57. The molecule has 1 heterocycles. The zero-order valence-electron chi connectivity index (χ0n) is 17.6. The predicted molar refractivity (Wildman–Crippen MR) is 113 cm³/mol. The molecule has 1 amide bonds. The van der Waals surface area contributed by atoms with Crippen LogP contribution in [-0.4, -0.2) is 36.3 Å². The number of carbonyl (C=O) groups is 1. The number of aryl methyl sites for hydroxylation is 2. The molecule has 2 rings (SSSR count). The van der Waals surface area contributed by atoms with Crippen LogP contribution in [0.5, 0.6) is 5.75 Å². The van der Waals surface area contributed by atoms with Gasteiger partial charge in [-0.15, -0.1) is 0 Å². The van der Waals surface area contributed by atoms with Crippen LogP contribution in [0.3, 0.4) is 0 Å². The number of hydrogen-bond acceptors (Lipinski definition) is 3. The van der Waals surface area contributed by atoms with Crippen LogP contribution in [-0.2, 0) is 4.74 Å². The molecule has 152 valence electrons. The Bertz CT molecular complexity index is 622. The summed E-state index contributed by atoms with van der Waals surface area (Å²) in [5.74, 6) is 2.17. The van der Waals surface area contributed by atoms with E-state index in [0.717, 1.165) is 49.2 Å². The summed E-state index contributed by atoms with van der Waals surface area (Å²) < 4.78 is 12.6. The number of rotatable bonds is 5. The summed E-state index contributed by atoms with van der Waals surface area (Å²) in [5.41, 5.74) is 1.97. The Morgan fingerprint density at radius 1 is 1.22 bits per heavy atom. The van der Waals surface area contributed by atoms with Crippen molar-refractivity contribution >= 4 is 22.0 Å². The second-order valence-electron chi connectivity index (χ2n) is 8.79. The highest BCUT2D eigenvalue weighted by Gasteiger charge is 2.29. The van der Waals surface area contributed by atoms with E-state index in [1.807, 2.05) is 25.7 Å². The van der Waals surface area contributed by atoms with Gasteiger partial charge in [0.1, 0.15) is 11.4 Å². The minimum atomic E-state index is -0.428. The molecular formula is C22H34BrNO3. The highest BCUT2D eigenvalue weighted by Crippen LogP contribution is 2.29. The molecule has 1 fully saturated rings. The summed E-state index contributed by atoms with van der Waals surface area (Å²) in [7, 11) is 0. The number of benzene rings is 1. The van der Waals surface area contributed by atoms with E-state index in [4.69, 9.17) is 9.47 Å². The Kier molecular flexibility index (Phi) is 7.61. The van der Waals surface area contributed by atoms with E-state index >= 15 is 0 Å². The molecule has 1 aromatic rings. The lowest BCUT2D eigenvalue weighted by Gasteiger charge is -2.35. The smallest absolute Gasteiger partial charge is 0.410 e. The van der Waals surface area contributed by atoms with Crippen LogP contribution >= 0.6 is 15.9 Å². The molecule has 0 unspecified atom stereocenters. The van der Waals surface area contributed by atoms with Gasteiger partial charge < -0.3 is 14.4 Å². The van der Waals surface area contributed by atoms with Gasteiger partial charge in [-0.25, -0.2) is 4.79 Å². The van der Waals surface area contributed by atoms with Gasteiger partial charge in [0.15, 0.2) is 0 Å². The Morgan fingerprint density at radius 3 is 2.30 bits per heavy atom. The first-order valence-corrected chi connectivity index (χ1v) is 10.7. The Labute approximate surface area is 172 Å². The third-order valence-electron chi connectivity index (χ3n) is 5.25. The molecule has 0 saturated carbocycles. The van der Waals surface area contributed by atoms with Crippen LogP contribution in [0.2, 0.25) is 0 Å². The summed E-state index contributed by atoms with van der Waals surface area (Å²) in [6, 6.07) is 4.17. The first-order chi connectivity index (χ1) is 12.6. The van der Waals surface area contributed by atoms with Crippen molar-refractivity contribution in [2.45, 2.75) is 66.4 Å². The maximum absolute atomic E-state index is 12.2. The van der Waals surface area contributed by atoms with Crippen molar-refractivity contribution in [2.24, 2.45) is 11.8 Å². The average Bonchev–Trinajstić information content (AvgIpc) is 2.58. The normalized spacial score (nSPS) is 16.9. The van der Waals surface area contributed by atoms with E-state index < -0.39 is 5.60 Å². The van der Waals surface area contributed by atoms with Crippen molar-refractivity contribution in [2.75, 3.05) is 19.7 Å². The summed E-state index contributed by atoms with van der Waals surface area (Å²) in [5, 5.41) is 0. The van der Waals surface area contributed by atoms with E-state index in [1.165, 1.54) is 11.1 Å². The molecule has 1 aromatic carbocycles. The summed E-state index contributed by atoms with van der Waals surface area (Å²) in [6.07, 6.45) is 2.93. The van der Waals surface area contributed by atoms with E-state index in [-0.39, 0.29) is 6.09 Å². The number of hydrogen-bond donors (Lipinski definition) is 0. The Morgan fingerprint density at radius 2 is 1.78 bits per heavy atom. The molecule has 0 spiro atoms. The molecule has 0 N–H and O–H groups in total. The second-order valence-corrected chi connectivity index (χ2v) is 9.58. The molecule has 0 bridgehead atoms. The SMILES string of the molecule is Cc1cc(OCC[C@@H](C)C2CCN(C(=O)OC(C)(C)C)CC2)cc(C)c1Br. The van der Waals surface area contributed by atoms with E-state index in [0.29, 0.717) is 11.8 Å². The Balaban J connectivity index is 1.75. The van der Waals surface area contributed by atoms with Gasteiger partial charge in [0, 0.05) is 17.6 Å². The van der Waals surface area contributed by atoms with Crippen molar-refractivity contribution in [1.29, 1.82) is 0 Å². The maximum atomic E-state index is 12.2. The molecule has 27 heavy (non-hydrogen) atoms. The van der Waals surface area contributed by atoms with Gasteiger partial charge in [-0.1, -0.05) is 22.9 Å². The largest absolute Gasteiger partial charge is 0.494 e. The van der Waals surface area contributed by atoms with Crippen LogP contribution < -0.4 is 4.74 Å². The predicted octanol–water partition coefficient (Wildman–Crippen LogP) is 6.12. The highest BCUT2D eigenvalue weighted by atomic mass is 79.9. The molecule has 1 aliphatic heterocycles. The zero-order chi connectivity index (χ0) is 20.2. The lowest BCUT2D eigenvalue weighted by Crippen LogP contribution is -2.42. The van der Waals surface area contributed by atoms with Crippen LogP contribution in [0.15, 0.2) is 16.6 Å². The van der Waals surface area contributed by atoms with Crippen LogP contribution in [0.25, 0.3) is 0 Å². The highest BCUT2D eigenvalue weighted by molar-refractivity contribution is 9.10. The molecular weight excluding hydrogens is 406 g/mol. The third-order valence-corrected chi connectivity index (χ3v) is 6.50. The number of amides is 1. The quantitative estimate of drug-likeness (QED) is 0.554. The number of piperidine rings is 1. The summed E-state index contributed by atoms with van der Waals surface area (Å²) in [6.45, 7) is 14.5. The van der Waals surface area contributed by atoms with Gasteiger partial charge in [0.05, 0.1) is 6.61 Å². The molecule has 1 saturated heterocycles. The summed E-state index contributed by atoms with van der Waals surface area (Å²) in [4.78, 5) is 14.0. The van der Waals surface area contributed by atoms with Crippen LogP contribution in [0.1, 0.15) is 58.1 Å². The number of carbonyl (C=O) groups excluding carboxylic acids is 1. The molecule has 0 radical (unpaired) electrons. The lowest BCUT2D eigenvalue weighted by molar-refractivity contribution is 0.0158. The van der Waals surface area contributed by atoms with Crippen molar-refractivity contribution in [3.8, 4) is 5.75 Å². The van der Waals surface area contributed by atoms with Gasteiger partial charge in [-0.05, 0) is 89.0 Å². The van der Waals surface area contributed by atoms with Crippen molar-refractivity contribution in [3.63, 3.8) is 0 Å². The van der Waals surface area contributed by atoms with Gasteiger partial charge in [-0.3, -0.25) is 0 Å². The maximum Gasteiger partial charge on any atom is 0.410 e. The Hall–Kier alpha value is -1.23. The van der Waals surface area contributed by atoms with Crippen molar-refractivity contribution in [3.05, 3.63) is 27.7 Å². The molecule has 0 aromatic heterocycles. The second kappa shape index (κ2) is 9.31. The number of ether oxygens (including phenoxy) is 2. The van der Waals surface area contributed by atoms with Crippen molar-refractivity contribution in [1.82, 2.24) is 4.90 Å². The number of nitrogens with zero attached hydrogens (tertiary/aromatic N) is 1. The van der Waals surface area contributed by atoms with Crippen LogP contribution in [0, 0.1) is 25.7 Å². The average molecular weight is 440 g/mol. The van der Waals surface area contributed by atoms with Crippen molar-refractivity contribution < 1.29 is 14.3 Å². The van der Waals surface area contributed by atoms with Gasteiger partial charge in [0.2, 0.25) is 0 Å². The summed E-state index contributed by atoms with van der Waals surface area (Å²) >= 11 is 3.60. The van der Waals surface area contributed by atoms with Crippen LogP contribution in [0.4, 0.5) is 4.79 Å². The van der Waals surface area contributed by atoms with E-state index in [2.05, 4.69) is 48.8 Å².